The molecule has 3 rings (SSSR count). The molecule has 18 heavy (non-hydrogen) atoms. The van der Waals surface area contributed by atoms with Crippen molar-refractivity contribution in [3.63, 3.8) is 0 Å². The fourth-order valence-corrected chi connectivity index (χ4v) is 4.28. The van der Waals surface area contributed by atoms with E-state index in [9.17, 15) is 0 Å². The van der Waals surface area contributed by atoms with E-state index in [1.807, 2.05) is 11.3 Å². The summed E-state index contributed by atoms with van der Waals surface area (Å²) in [5.74, 6) is 0.505. The zero-order valence-corrected chi connectivity index (χ0v) is 14.0. The van der Waals surface area contributed by atoms with Crippen molar-refractivity contribution >= 4 is 44.2 Å². The molecule has 1 nitrogen and oxygen atoms in total. The molecule has 0 spiro atoms. The van der Waals surface area contributed by atoms with Crippen molar-refractivity contribution in [1.29, 1.82) is 0 Å². The summed E-state index contributed by atoms with van der Waals surface area (Å²) in [7, 11) is 0. The monoisotopic (exact) mass is 387 g/mol. The van der Waals surface area contributed by atoms with E-state index in [4.69, 9.17) is 0 Å². The van der Waals surface area contributed by atoms with Crippen LogP contribution in [-0.2, 0) is 6.42 Å². The van der Waals surface area contributed by atoms with Gasteiger partial charge in [0.25, 0.3) is 0 Å². The normalized spacial score (nSPS) is 18.6. The van der Waals surface area contributed by atoms with E-state index in [1.54, 1.807) is 0 Å². The van der Waals surface area contributed by atoms with Gasteiger partial charge in [-0.05, 0) is 46.1 Å². The lowest BCUT2D eigenvalue weighted by Crippen LogP contribution is -2.20. The molecule has 1 unspecified atom stereocenters. The fraction of sp³-hybridized carbons (Fsp3) is 0.286. The van der Waals surface area contributed by atoms with Crippen LogP contribution in [0.25, 0.3) is 0 Å². The van der Waals surface area contributed by atoms with Gasteiger partial charge in [-0.3, -0.25) is 0 Å². The minimum atomic E-state index is 0. The fourth-order valence-electron chi connectivity index (χ4n) is 2.42. The maximum absolute atomic E-state index is 3.62. The average Bonchev–Trinajstić information content (AvgIpc) is 2.61. The number of fused-ring (bicyclic) bond motifs is 1. The summed E-state index contributed by atoms with van der Waals surface area (Å²) in [5.41, 5.74) is 2.92. The first-order valence-corrected chi connectivity index (χ1v) is 7.49. The van der Waals surface area contributed by atoms with Gasteiger partial charge in [0.05, 0.1) is 3.79 Å². The van der Waals surface area contributed by atoms with Gasteiger partial charge in [-0.15, -0.1) is 28.3 Å². The average molecular weight is 389 g/mol. The number of halogens is 2. The first-order chi connectivity index (χ1) is 8.34. The Balaban J connectivity index is 0.00000120. The second-order valence-corrected chi connectivity index (χ2v) is 6.82. The predicted molar refractivity (Wildman–Crippen MR) is 87.2 cm³/mol. The zero-order valence-electron chi connectivity index (χ0n) is 9.86. The van der Waals surface area contributed by atoms with Crippen LogP contribution >= 0.6 is 44.2 Å². The minimum absolute atomic E-state index is 0. The molecule has 0 saturated heterocycles. The number of hydrogen-bond donors (Lipinski definition) is 1. The summed E-state index contributed by atoms with van der Waals surface area (Å²) in [6, 6.07) is 13.1. The van der Waals surface area contributed by atoms with Crippen LogP contribution in [0.4, 0.5) is 0 Å². The van der Waals surface area contributed by atoms with E-state index < -0.39 is 0 Å². The smallest absolute Gasteiger partial charge is 0.0704 e. The molecule has 0 radical (unpaired) electrons. The molecule has 0 amide bonds. The number of thiophene rings is 1. The minimum Gasteiger partial charge on any atom is -0.315 e. The highest BCUT2D eigenvalue weighted by molar-refractivity contribution is 9.11. The van der Waals surface area contributed by atoms with Gasteiger partial charge >= 0.3 is 0 Å². The lowest BCUT2D eigenvalue weighted by atomic mass is 9.95. The molecule has 0 fully saturated rings. The predicted octanol–water partition coefficient (Wildman–Crippen LogP) is 4.37. The van der Waals surface area contributed by atoms with E-state index in [0.29, 0.717) is 5.92 Å². The SMILES string of the molecule is Br.Brc1cc2c(s1)C(c1ccccc1)CNCC2. The highest BCUT2D eigenvalue weighted by Gasteiger charge is 2.22. The summed E-state index contributed by atoms with van der Waals surface area (Å²) in [6.45, 7) is 2.13. The third kappa shape index (κ3) is 2.87. The number of hydrogen-bond acceptors (Lipinski definition) is 2. The molecule has 2 heterocycles. The van der Waals surface area contributed by atoms with Gasteiger partial charge in [0.15, 0.2) is 0 Å². The van der Waals surface area contributed by atoms with Crippen molar-refractivity contribution in [2.45, 2.75) is 12.3 Å². The van der Waals surface area contributed by atoms with Gasteiger partial charge in [-0.2, -0.15) is 0 Å². The molecule has 0 bridgehead atoms. The third-order valence-electron chi connectivity index (χ3n) is 3.25. The second-order valence-electron chi connectivity index (χ2n) is 4.36. The first kappa shape index (κ1) is 14.3. The van der Waals surface area contributed by atoms with Crippen molar-refractivity contribution in [2.24, 2.45) is 0 Å². The van der Waals surface area contributed by atoms with E-state index >= 15 is 0 Å². The number of rotatable bonds is 1. The molecule has 2 aromatic rings. The van der Waals surface area contributed by atoms with Crippen LogP contribution in [0.1, 0.15) is 21.9 Å². The lowest BCUT2D eigenvalue weighted by Gasteiger charge is -2.15. The Morgan fingerprint density at radius 1 is 1.22 bits per heavy atom. The molecule has 1 aliphatic rings. The number of nitrogens with one attached hydrogen (secondary N) is 1. The molecule has 1 atom stereocenters. The van der Waals surface area contributed by atoms with Gasteiger partial charge in [0, 0.05) is 17.3 Å². The van der Waals surface area contributed by atoms with Gasteiger partial charge in [0.2, 0.25) is 0 Å². The van der Waals surface area contributed by atoms with Gasteiger partial charge in [-0.25, -0.2) is 0 Å². The summed E-state index contributed by atoms with van der Waals surface area (Å²) in [5, 5.41) is 3.54. The molecule has 1 aromatic heterocycles. The maximum Gasteiger partial charge on any atom is 0.0704 e. The van der Waals surface area contributed by atoms with E-state index in [1.165, 1.54) is 19.8 Å². The van der Waals surface area contributed by atoms with Crippen LogP contribution in [-0.4, -0.2) is 13.1 Å². The standard InChI is InChI=1S/C14H14BrNS.BrH/c15-13-8-11-6-7-16-9-12(14(11)17-13)10-4-2-1-3-5-10;/h1-5,8,12,16H,6-7,9H2;1H. The largest absolute Gasteiger partial charge is 0.315 e. The Morgan fingerprint density at radius 2 is 2.00 bits per heavy atom. The molecule has 1 aliphatic heterocycles. The summed E-state index contributed by atoms with van der Waals surface area (Å²) in [6.07, 6.45) is 1.14. The molecule has 0 saturated carbocycles. The zero-order chi connectivity index (χ0) is 11.7. The van der Waals surface area contributed by atoms with Crippen molar-refractivity contribution in [1.82, 2.24) is 5.32 Å². The van der Waals surface area contributed by atoms with Crippen molar-refractivity contribution in [3.8, 4) is 0 Å². The van der Waals surface area contributed by atoms with Gasteiger partial charge < -0.3 is 5.32 Å². The molecular weight excluding hydrogens is 374 g/mol. The second kappa shape index (κ2) is 6.33. The molecule has 96 valence electrons. The Hall–Kier alpha value is -0.160. The van der Waals surface area contributed by atoms with Gasteiger partial charge in [0.1, 0.15) is 0 Å². The topological polar surface area (TPSA) is 12.0 Å². The van der Waals surface area contributed by atoms with Gasteiger partial charge in [-0.1, -0.05) is 30.3 Å². The molecular formula is C14H15Br2NS. The Kier molecular flexibility index (Phi) is 5.01. The van der Waals surface area contributed by atoms with Crippen molar-refractivity contribution in [3.05, 3.63) is 56.2 Å². The Morgan fingerprint density at radius 3 is 2.78 bits per heavy atom. The molecule has 0 aliphatic carbocycles. The summed E-state index contributed by atoms with van der Waals surface area (Å²) in [4.78, 5) is 1.52. The lowest BCUT2D eigenvalue weighted by molar-refractivity contribution is 0.668. The summed E-state index contributed by atoms with van der Waals surface area (Å²) >= 11 is 5.50. The van der Waals surface area contributed by atoms with Crippen molar-refractivity contribution < 1.29 is 0 Å². The Bertz CT molecular complexity index is 510. The maximum atomic E-state index is 3.62. The van der Waals surface area contributed by atoms with Crippen LogP contribution in [0.2, 0.25) is 0 Å². The highest BCUT2D eigenvalue weighted by atomic mass is 79.9. The van der Waals surface area contributed by atoms with E-state index in [2.05, 4.69) is 57.6 Å². The first-order valence-electron chi connectivity index (χ1n) is 5.88. The van der Waals surface area contributed by atoms with Crippen LogP contribution in [0.5, 0.6) is 0 Å². The molecule has 4 heteroatoms. The quantitative estimate of drug-likeness (QED) is 0.764. The number of benzene rings is 1. The third-order valence-corrected chi connectivity index (χ3v) is 5.04. The van der Waals surface area contributed by atoms with Crippen LogP contribution < -0.4 is 5.32 Å². The van der Waals surface area contributed by atoms with E-state index in [0.717, 1.165) is 19.5 Å². The van der Waals surface area contributed by atoms with Crippen LogP contribution in [0, 0.1) is 0 Å². The Labute approximate surface area is 131 Å². The van der Waals surface area contributed by atoms with Crippen molar-refractivity contribution in [2.75, 3.05) is 13.1 Å². The molecule has 1 aromatic carbocycles. The summed E-state index contributed by atoms with van der Waals surface area (Å²) < 4.78 is 1.25. The van der Waals surface area contributed by atoms with Crippen LogP contribution in [0.3, 0.4) is 0 Å². The van der Waals surface area contributed by atoms with E-state index in [-0.39, 0.29) is 17.0 Å². The van der Waals surface area contributed by atoms with Crippen LogP contribution in [0.15, 0.2) is 40.2 Å². The molecule has 1 N–H and O–H groups in total. The highest BCUT2D eigenvalue weighted by Crippen LogP contribution is 2.37.